The van der Waals surface area contributed by atoms with Crippen molar-refractivity contribution in [2.45, 2.75) is 24.3 Å². The molecule has 0 spiro atoms. The molecule has 18 heavy (non-hydrogen) atoms. The van der Waals surface area contributed by atoms with Gasteiger partial charge in [0.15, 0.2) is 0 Å². The van der Waals surface area contributed by atoms with Crippen molar-refractivity contribution in [1.29, 1.82) is 5.26 Å². The first kappa shape index (κ1) is 13.5. The van der Waals surface area contributed by atoms with E-state index in [0.717, 1.165) is 23.0 Å². The molecule has 1 saturated heterocycles. The van der Waals surface area contributed by atoms with Crippen molar-refractivity contribution in [3.63, 3.8) is 0 Å². The highest BCUT2D eigenvalue weighted by atomic mass is 32.2. The molecule has 1 aromatic rings. The molecule has 98 valence electrons. The second-order valence-corrected chi connectivity index (χ2v) is 6.64. The van der Waals surface area contributed by atoms with Crippen molar-refractivity contribution in [2.75, 3.05) is 36.6 Å². The van der Waals surface area contributed by atoms with Gasteiger partial charge in [-0.05, 0) is 20.1 Å². The molecule has 2 rings (SSSR count). The summed E-state index contributed by atoms with van der Waals surface area (Å²) in [6.07, 6.45) is 1.99. The normalized spacial score (nSPS) is 18.7. The van der Waals surface area contributed by atoms with Crippen LogP contribution >= 0.6 is 23.1 Å². The fourth-order valence-corrected chi connectivity index (χ4v) is 4.10. The van der Waals surface area contributed by atoms with Crippen LogP contribution in [-0.2, 0) is 4.74 Å². The summed E-state index contributed by atoms with van der Waals surface area (Å²) in [7, 11) is 0. The third-order valence-electron chi connectivity index (χ3n) is 2.90. The van der Waals surface area contributed by atoms with Crippen molar-refractivity contribution < 1.29 is 4.74 Å². The van der Waals surface area contributed by atoms with Gasteiger partial charge in [-0.2, -0.15) is 5.26 Å². The van der Waals surface area contributed by atoms with Crippen LogP contribution in [0.15, 0.2) is 4.90 Å². The van der Waals surface area contributed by atoms with Gasteiger partial charge in [0.2, 0.25) is 0 Å². The Morgan fingerprint density at radius 1 is 1.56 bits per heavy atom. The van der Waals surface area contributed by atoms with Crippen LogP contribution in [0.25, 0.3) is 0 Å². The SMILES string of the molecule is CSc1c(N2CCOC(C)(C)C2)sc(C#N)c1N. The van der Waals surface area contributed by atoms with E-state index in [9.17, 15) is 0 Å². The van der Waals surface area contributed by atoms with Gasteiger partial charge in [0.25, 0.3) is 0 Å². The molecule has 0 amide bonds. The number of nitrogen functional groups attached to an aromatic ring is 1. The molecule has 1 aliphatic rings. The molecular weight excluding hydrogens is 266 g/mol. The maximum absolute atomic E-state index is 9.08. The first-order valence-corrected chi connectivity index (χ1v) is 7.78. The first-order valence-electron chi connectivity index (χ1n) is 5.74. The lowest BCUT2D eigenvalue weighted by atomic mass is 10.1. The molecule has 0 saturated carbocycles. The molecule has 0 aromatic carbocycles. The zero-order valence-corrected chi connectivity index (χ0v) is 12.5. The molecular formula is C12H17N3OS2. The molecule has 0 unspecified atom stereocenters. The van der Waals surface area contributed by atoms with Crippen molar-refractivity contribution in [1.82, 2.24) is 0 Å². The van der Waals surface area contributed by atoms with Gasteiger partial charge >= 0.3 is 0 Å². The molecule has 2 heterocycles. The molecule has 0 bridgehead atoms. The highest BCUT2D eigenvalue weighted by Crippen LogP contribution is 2.44. The molecule has 0 atom stereocenters. The number of hydrogen-bond donors (Lipinski definition) is 1. The van der Waals surface area contributed by atoms with Crippen LogP contribution in [0, 0.1) is 11.3 Å². The van der Waals surface area contributed by atoms with Gasteiger partial charge < -0.3 is 15.4 Å². The molecule has 1 aliphatic heterocycles. The Hall–Kier alpha value is -0.900. The van der Waals surface area contributed by atoms with E-state index >= 15 is 0 Å². The van der Waals surface area contributed by atoms with E-state index in [1.807, 2.05) is 6.26 Å². The molecule has 0 radical (unpaired) electrons. The number of thiophene rings is 1. The van der Waals surface area contributed by atoms with Crippen LogP contribution < -0.4 is 10.6 Å². The van der Waals surface area contributed by atoms with Crippen molar-refractivity contribution >= 4 is 33.8 Å². The number of morpholine rings is 1. The van der Waals surface area contributed by atoms with Crippen LogP contribution in [0.2, 0.25) is 0 Å². The summed E-state index contributed by atoms with van der Waals surface area (Å²) in [5.74, 6) is 0. The van der Waals surface area contributed by atoms with Crippen molar-refractivity contribution in [3.05, 3.63) is 4.88 Å². The Bertz CT molecular complexity index is 490. The fourth-order valence-electron chi connectivity index (χ4n) is 2.09. The van der Waals surface area contributed by atoms with Crippen LogP contribution in [0.1, 0.15) is 18.7 Å². The van der Waals surface area contributed by atoms with Crippen LogP contribution in [0.3, 0.4) is 0 Å². The van der Waals surface area contributed by atoms with Crippen molar-refractivity contribution in [2.24, 2.45) is 0 Å². The van der Waals surface area contributed by atoms with Gasteiger partial charge in [0, 0.05) is 13.1 Å². The Kier molecular flexibility index (Phi) is 3.76. The summed E-state index contributed by atoms with van der Waals surface area (Å²) in [6.45, 7) is 6.55. The summed E-state index contributed by atoms with van der Waals surface area (Å²) in [5.41, 5.74) is 6.48. The minimum absolute atomic E-state index is 0.153. The number of rotatable bonds is 2. The van der Waals surface area contributed by atoms with Gasteiger partial charge in [-0.25, -0.2) is 0 Å². The smallest absolute Gasteiger partial charge is 0.131 e. The lowest BCUT2D eigenvalue weighted by Crippen LogP contribution is -2.48. The summed E-state index contributed by atoms with van der Waals surface area (Å²) in [6, 6.07) is 2.17. The number of nitrogens with zero attached hydrogens (tertiary/aromatic N) is 2. The van der Waals surface area contributed by atoms with E-state index in [-0.39, 0.29) is 5.60 Å². The van der Waals surface area contributed by atoms with E-state index in [0.29, 0.717) is 17.2 Å². The van der Waals surface area contributed by atoms with Gasteiger partial charge in [0.05, 0.1) is 22.8 Å². The number of nitrogens with two attached hydrogens (primary N) is 1. The first-order chi connectivity index (χ1) is 8.48. The predicted molar refractivity (Wildman–Crippen MR) is 77.5 cm³/mol. The molecule has 0 aliphatic carbocycles. The van der Waals surface area contributed by atoms with Gasteiger partial charge in [-0.3, -0.25) is 0 Å². The zero-order valence-electron chi connectivity index (χ0n) is 10.8. The number of nitriles is 1. The van der Waals surface area contributed by atoms with Crippen LogP contribution in [-0.4, -0.2) is 31.6 Å². The molecule has 4 nitrogen and oxygen atoms in total. The maximum atomic E-state index is 9.08. The zero-order chi connectivity index (χ0) is 13.3. The number of ether oxygens (including phenoxy) is 1. The molecule has 2 N–H and O–H groups in total. The van der Waals surface area contributed by atoms with Gasteiger partial charge in [-0.1, -0.05) is 0 Å². The maximum Gasteiger partial charge on any atom is 0.131 e. The van der Waals surface area contributed by atoms with E-state index < -0.39 is 0 Å². The van der Waals surface area contributed by atoms with Crippen LogP contribution in [0.4, 0.5) is 10.7 Å². The Morgan fingerprint density at radius 3 is 2.83 bits per heavy atom. The second kappa shape index (κ2) is 5.00. The standard InChI is InChI=1S/C12H17N3OS2/c1-12(2)7-15(4-5-16-12)11-10(17-3)9(14)8(6-13)18-11/h4-5,7,14H2,1-3H3. The van der Waals surface area contributed by atoms with E-state index in [2.05, 4.69) is 24.8 Å². The van der Waals surface area contributed by atoms with E-state index in [4.69, 9.17) is 15.7 Å². The molecule has 6 heteroatoms. The monoisotopic (exact) mass is 283 g/mol. The lowest BCUT2D eigenvalue weighted by molar-refractivity contribution is -0.0276. The summed E-state index contributed by atoms with van der Waals surface area (Å²) >= 11 is 3.09. The van der Waals surface area contributed by atoms with E-state index in [1.165, 1.54) is 11.3 Å². The number of anilines is 2. The Morgan fingerprint density at radius 2 is 2.28 bits per heavy atom. The quantitative estimate of drug-likeness (QED) is 0.845. The fraction of sp³-hybridized carbons (Fsp3) is 0.583. The topological polar surface area (TPSA) is 62.3 Å². The Labute approximate surface area is 116 Å². The van der Waals surface area contributed by atoms with Crippen LogP contribution in [0.5, 0.6) is 0 Å². The van der Waals surface area contributed by atoms with Crippen molar-refractivity contribution in [3.8, 4) is 6.07 Å². The predicted octanol–water partition coefficient (Wildman–Crippen LogP) is 2.54. The highest BCUT2D eigenvalue weighted by molar-refractivity contribution is 7.99. The largest absolute Gasteiger partial charge is 0.396 e. The molecule has 1 aromatic heterocycles. The minimum atomic E-state index is -0.153. The number of thioether (sulfide) groups is 1. The molecule has 1 fully saturated rings. The summed E-state index contributed by atoms with van der Waals surface area (Å²) < 4.78 is 5.71. The lowest BCUT2D eigenvalue weighted by Gasteiger charge is -2.39. The summed E-state index contributed by atoms with van der Waals surface area (Å²) in [5, 5.41) is 10.2. The van der Waals surface area contributed by atoms with Gasteiger partial charge in [0.1, 0.15) is 15.9 Å². The Balaban J connectivity index is 2.36. The average molecular weight is 283 g/mol. The van der Waals surface area contributed by atoms with E-state index in [1.54, 1.807) is 11.8 Å². The third-order valence-corrected chi connectivity index (χ3v) is 5.02. The second-order valence-electron chi connectivity index (χ2n) is 4.82. The minimum Gasteiger partial charge on any atom is -0.396 e. The van der Waals surface area contributed by atoms with Gasteiger partial charge in [-0.15, -0.1) is 23.1 Å². The average Bonchev–Trinajstić information content (AvgIpc) is 2.64. The highest BCUT2D eigenvalue weighted by Gasteiger charge is 2.30. The third kappa shape index (κ3) is 2.44. The number of hydrogen-bond acceptors (Lipinski definition) is 6. The summed E-state index contributed by atoms with van der Waals surface area (Å²) in [4.78, 5) is 3.91.